The van der Waals surface area contributed by atoms with Crippen LogP contribution in [0, 0.1) is 6.92 Å². The van der Waals surface area contributed by atoms with E-state index < -0.39 is 0 Å². The van der Waals surface area contributed by atoms with Crippen molar-refractivity contribution < 1.29 is 18.8 Å². The maximum Gasteiger partial charge on any atom is 0.315 e. The molecule has 1 saturated heterocycles. The molecule has 4 amide bonds. The van der Waals surface area contributed by atoms with Crippen molar-refractivity contribution in [2.75, 3.05) is 60.9 Å². The second-order valence-corrected chi connectivity index (χ2v) is 10.8. The second-order valence-electron chi connectivity index (χ2n) is 10.8. The van der Waals surface area contributed by atoms with Gasteiger partial charge in [-0.1, -0.05) is 24.3 Å². The van der Waals surface area contributed by atoms with Gasteiger partial charge in [0.25, 0.3) is 11.8 Å². The van der Waals surface area contributed by atoms with Crippen molar-refractivity contribution >= 4 is 34.9 Å². The van der Waals surface area contributed by atoms with Gasteiger partial charge in [0, 0.05) is 63.0 Å². The third-order valence-electron chi connectivity index (χ3n) is 7.60. The van der Waals surface area contributed by atoms with Crippen LogP contribution in [0.25, 0.3) is 0 Å². The highest BCUT2D eigenvalue weighted by Crippen LogP contribution is 2.39. The van der Waals surface area contributed by atoms with Crippen LogP contribution in [0.4, 0.5) is 21.9 Å². The molecule has 0 bridgehead atoms. The van der Waals surface area contributed by atoms with Gasteiger partial charge >= 0.3 is 6.03 Å². The van der Waals surface area contributed by atoms with Crippen molar-refractivity contribution in [3.63, 3.8) is 0 Å². The molecule has 1 aromatic heterocycles. The molecule has 3 aromatic rings. The topological polar surface area (TPSA) is 132 Å². The highest BCUT2D eigenvalue weighted by atomic mass is 16.3. The van der Waals surface area contributed by atoms with Gasteiger partial charge in [-0.05, 0) is 56.0 Å². The van der Waals surface area contributed by atoms with E-state index >= 15 is 0 Å². The van der Waals surface area contributed by atoms with Gasteiger partial charge in [0.05, 0.1) is 11.4 Å². The van der Waals surface area contributed by atoms with E-state index in [9.17, 15) is 14.4 Å². The first-order valence-electron chi connectivity index (χ1n) is 14.8. The van der Waals surface area contributed by atoms with E-state index in [4.69, 9.17) is 4.42 Å². The molecule has 11 heteroatoms. The van der Waals surface area contributed by atoms with E-state index in [-0.39, 0.29) is 23.5 Å². The summed E-state index contributed by atoms with van der Waals surface area (Å²) in [7, 11) is 0. The van der Waals surface area contributed by atoms with Crippen LogP contribution in [0.2, 0.25) is 0 Å². The fourth-order valence-electron chi connectivity index (χ4n) is 5.08. The zero-order chi connectivity index (χ0) is 30.2. The van der Waals surface area contributed by atoms with E-state index in [1.165, 1.54) is 17.5 Å². The molecule has 2 aromatic carbocycles. The Morgan fingerprint density at radius 1 is 0.953 bits per heavy atom. The van der Waals surface area contributed by atoms with E-state index in [1.807, 2.05) is 12.1 Å². The Labute approximate surface area is 251 Å². The number of benzene rings is 2. The monoisotopic (exact) mass is 585 g/mol. The number of para-hydroxylation sites is 1. The average Bonchev–Trinajstić information content (AvgIpc) is 3.75. The third-order valence-corrected chi connectivity index (χ3v) is 7.60. The Morgan fingerprint density at radius 3 is 2.40 bits per heavy atom. The first kappa shape index (κ1) is 29.7. The molecule has 0 unspecified atom stereocenters. The maximum atomic E-state index is 13.2. The fraction of sp³-hybridized carbons (Fsp3) is 0.375. The lowest BCUT2D eigenvalue weighted by Crippen LogP contribution is -2.47. The average molecular weight is 586 g/mol. The van der Waals surface area contributed by atoms with Crippen LogP contribution in [0.1, 0.15) is 57.5 Å². The van der Waals surface area contributed by atoms with Gasteiger partial charge in [-0.3, -0.25) is 9.59 Å². The summed E-state index contributed by atoms with van der Waals surface area (Å²) in [6.07, 6.45) is 5.61. The summed E-state index contributed by atoms with van der Waals surface area (Å²) in [6, 6.07) is 13.5. The van der Waals surface area contributed by atoms with Gasteiger partial charge in [-0.2, -0.15) is 0 Å². The number of amides is 4. The number of aryl methyl sites for hydroxylation is 1. The van der Waals surface area contributed by atoms with Gasteiger partial charge in [-0.15, -0.1) is 6.58 Å². The Bertz CT molecular complexity index is 1460. The molecule has 43 heavy (non-hydrogen) atoms. The van der Waals surface area contributed by atoms with Crippen LogP contribution in [0.5, 0.6) is 0 Å². The normalized spacial score (nSPS) is 14.6. The molecular weight excluding hydrogens is 546 g/mol. The molecular formula is C32H39N7O4. The van der Waals surface area contributed by atoms with Crippen LogP contribution in [0.3, 0.4) is 0 Å². The van der Waals surface area contributed by atoms with Crippen molar-refractivity contribution in [3.05, 3.63) is 84.1 Å². The summed E-state index contributed by atoms with van der Waals surface area (Å²) in [5.41, 5.74) is 4.50. The molecule has 0 atom stereocenters. The Kier molecular flexibility index (Phi) is 9.60. The van der Waals surface area contributed by atoms with Gasteiger partial charge < -0.3 is 35.5 Å². The highest BCUT2D eigenvalue weighted by molar-refractivity contribution is 6.06. The zero-order valence-corrected chi connectivity index (χ0v) is 24.5. The number of nitrogens with one attached hydrogen (secondary N) is 4. The Hall–Kier alpha value is -4.80. The highest BCUT2D eigenvalue weighted by Gasteiger charge is 2.30. The van der Waals surface area contributed by atoms with E-state index in [0.717, 1.165) is 44.7 Å². The van der Waals surface area contributed by atoms with Crippen molar-refractivity contribution in [1.29, 1.82) is 0 Å². The minimum absolute atomic E-state index is 0.219. The molecule has 2 aliphatic rings. The molecule has 1 aliphatic carbocycles. The van der Waals surface area contributed by atoms with E-state index in [1.54, 1.807) is 18.2 Å². The number of urea groups is 1. The number of hydrogen-bond acceptors (Lipinski definition) is 7. The fourth-order valence-corrected chi connectivity index (χ4v) is 5.08. The number of rotatable bonds is 12. The SMILES string of the molecule is C=CCNC(=O)NCCCNC(=O)c1ccc(N2CCN(c3ccccc3C)CC2)c(NC(=O)c2coc(C3CC3)n2)c1. The molecule has 0 spiro atoms. The van der Waals surface area contributed by atoms with Crippen LogP contribution < -0.4 is 31.1 Å². The standard InChI is InChI=1S/C32H39N7O4/c1-3-13-34-32(42)35-15-6-14-33-29(40)24-11-12-28(39-18-16-38(17-19-39)27-8-5-4-7-22(27)2)25(20-24)36-30(41)26-21-43-31(37-26)23-9-10-23/h3-5,7-8,11-12,20-21,23H,1,6,9-10,13-19H2,2H3,(H,33,40)(H,36,41)(H2,34,35,42). The molecule has 4 N–H and O–H groups in total. The zero-order valence-electron chi connectivity index (χ0n) is 24.5. The molecule has 2 fully saturated rings. The number of carbonyl (C=O) groups is 3. The molecule has 1 saturated carbocycles. The van der Waals surface area contributed by atoms with E-state index in [0.29, 0.717) is 49.1 Å². The maximum absolute atomic E-state index is 13.2. The van der Waals surface area contributed by atoms with E-state index in [2.05, 4.69) is 67.8 Å². The van der Waals surface area contributed by atoms with Crippen molar-refractivity contribution in [2.45, 2.75) is 32.1 Å². The lowest BCUT2D eigenvalue weighted by atomic mass is 10.1. The molecule has 226 valence electrons. The molecule has 0 radical (unpaired) electrons. The number of anilines is 3. The van der Waals surface area contributed by atoms with Crippen molar-refractivity contribution in [3.8, 4) is 0 Å². The quantitative estimate of drug-likeness (QED) is 0.186. The van der Waals surface area contributed by atoms with Gasteiger partial charge in [0.15, 0.2) is 11.6 Å². The predicted octanol–water partition coefficient (Wildman–Crippen LogP) is 4.04. The minimum Gasteiger partial charge on any atom is -0.448 e. The number of piperazine rings is 1. The van der Waals surface area contributed by atoms with Crippen LogP contribution in [-0.4, -0.2) is 68.6 Å². The van der Waals surface area contributed by atoms with Crippen LogP contribution in [-0.2, 0) is 0 Å². The summed E-state index contributed by atoms with van der Waals surface area (Å²) in [6.45, 7) is 10.0. The Balaban J connectivity index is 1.25. The number of aromatic nitrogens is 1. The number of carbonyl (C=O) groups excluding carboxylic acids is 3. The van der Waals surface area contributed by atoms with Crippen molar-refractivity contribution in [2.24, 2.45) is 0 Å². The molecule has 2 heterocycles. The molecule has 1 aliphatic heterocycles. The summed E-state index contributed by atoms with van der Waals surface area (Å²) < 4.78 is 5.53. The van der Waals surface area contributed by atoms with Gasteiger partial charge in [-0.25, -0.2) is 9.78 Å². The smallest absolute Gasteiger partial charge is 0.315 e. The summed E-state index contributed by atoms with van der Waals surface area (Å²) >= 11 is 0. The summed E-state index contributed by atoms with van der Waals surface area (Å²) in [5.74, 6) is 0.248. The van der Waals surface area contributed by atoms with Gasteiger partial charge in [0.2, 0.25) is 0 Å². The summed E-state index contributed by atoms with van der Waals surface area (Å²) in [4.78, 5) is 46.9. The largest absolute Gasteiger partial charge is 0.448 e. The Morgan fingerprint density at radius 2 is 1.67 bits per heavy atom. The van der Waals surface area contributed by atoms with Crippen LogP contribution >= 0.6 is 0 Å². The summed E-state index contributed by atoms with van der Waals surface area (Å²) in [5, 5.41) is 11.3. The second kappa shape index (κ2) is 13.9. The first-order chi connectivity index (χ1) is 20.9. The number of hydrogen-bond donors (Lipinski definition) is 4. The number of nitrogens with zero attached hydrogens (tertiary/aromatic N) is 3. The first-order valence-corrected chi connectivity index (χ1v) is 14.8. The third kappa shape index (κ3) is 7.73. The molecule has 5 rings (SSSR count). The van der Waals surface area contributed by atoms with Gasteiger partial charge in [0.1, 0.15) is 6.26 Å². The lowest BCUT2D eigenvalue weighted by molar-refractivity contribution is 0.0952. The van der Waals surface area contributed by atoms with Crippen LogP contribution in [0.15, 0.2) is 65.8 Å². The number of oxazole rings is 1. The van der Waals surface area contributed by atoms with Crippen molar-refractivity contribution in [1.82, 2.24) is 20.9 Å². The minimum atomic E-state index is -0.381. The predicted molar refractivity (Wildman–Crippen MR) is 167 cm³/mol. The lowest BCUT2D eigenvalue weighted by Gasteiger charge is -2.38. The molecule has 11 nitrogen and oxygen atoms in total.